The number of nitrogens with one attached hydrogen (secondary N) is 1. The van der Waals surface area contributed by atoms with E-state index in [4.69, 9.17) is 11.6 Å². The quantitative estimate of drug-likeness (QED) is 0.420. The minimum Gasteiger partial charge on any atom is -0.348 e. The number of benzene rings is 3. The zero-order valence-electron chi connectivity index (χ0n) is 22.6. The van der Waals surface area contributed by atoms with Gasteiger partial charge < -0.3 is 10.2 Å². The summed E-state index contributed by atoms with van der Waals surface area (Å²) in [6.07, 6.45) is 2.97. The number of halogens is 2. The molecule has 214 valence electrons. The van der Waals surface area contributed by atoms with Gasteiger partial charge in [-0.25, -0.2) is 12.8 Å². The first-order valence-corrected chi connectivity index (χ1v) is 15.7. The van der Waals surface area contributed by atoms with E-state index >= 15 is 0 Å². The fourth-order valence-corrected chi connectivity index (χ4v) is 8.56. The molecule has 3 aromatic rings. The number of carbonyl (C=O) groups excluding carboxylic acids is 2. The Balaban J connectivity index is 1.42. The number of amides is 2. The summed E-state index contributed by atoms with van der Waals surface area (Å²) in [5.41, 5.74) is 2.02. The molecule has 1 atom stereocenters. The number of anilines is 1. The van der Waals surface area contributed by atoms with Crippen molar-refractivity contribution < 1.29 is 22.4 Å². The summed E-state index contributed by atoms with van der Waals surface area (Å²) in [5, 5.41) is 3.50. The SMILES string of the molecule is CC(=O)N1CCC2(CC1)c1cc(C(=O)NCc3ccccc3Cl)ccc1N(S(=O)(=O)c1ccc(F)cc1)C2C1CC1. The first kappa shape index (κ1) is 27.7. The van der Waals surface area contributed by atoms with E-state index in [1.165, 1.54) is 16.4 Å². The monoisotopic (exact) mass is 595 g/mol. The van der Waals surface area contributed by atoms with Gasteiger partial charge in [0.25, 0.3) is 15.9 Å². The topological polar surface area (TPSA) is 86.8 Å². The molecule has 0 aromatic heterocycles. The molecule has 1 unspecified atom stereocenters. The summed E-state index contributed by atoms with van der Waals surface area (Å²) in [4.78, 5) is 27.3. The third kappa shape index (κ3) is 4.89. The van der Waals surface area contributed by atoms with Gasteiger partial charge in [0.2, 0.25) is 5.91 Å². The molecule has 1 aliphatic carbocycles. The molecule has 0 radical (unpaired) electrons. The third-order valence-corrected chi connectivity index (χ3v) is 11.0. The number of sulfonamides is 1. The normalized spacial score (nSPS) is 19.7. The van der Waals surface area contributed by atoms with Gasteiger partial charge in [0.05, 0.1) is 16.6 Å². The summed E-state index contributed by atoms with van der Waals surface area (Å²) in [5.74, 6) is -0.652. The lowest BCUT2D eigenvalue weighted by Gasteiger charge is -2.45. The molecule has 0 bridgehead atoms. The largest absolute Gasteiger partial charge is 0.348 e. The predicted octanol–water partition coefficient (Wildman–Crippen LogP) is 5.28. The number of piperidine rings is 1. The van der Waals surface area contributed by atoms with Gasteiger partial charge in [-0.2, -0.15) is 0 Å². The highest BCUT2D eigenvalue weighted by Gasteiger charge is 2.60. The minimum absolute atomic E-state index is 0.00969. The molecule has 2 aliphatic heterocycles. The molecule has 3 aromatic carbocycles. The van der Waals surface area contributed by atoms with Crippen molar-refractivity contribution in [2.75, 3.05) is 17.4 Å². The van der Waals surface area contributed by atoms with Crippen molar-refractivity contribution in [1.82, 2.24) is 10.2 Å². The van der Waals surface area contributed by atoms with Crippen molar-refractivity contribution in [3.05, 3.63) is 94.3 Å². The lowest BCUT2D eigenvalue weighted by Crippen LogP contribution is -2.54. The maximum Gasteiger partial charge on any atom is 0.264 e. The highest BCUT2D eigenvalue weighted by atomic mass is 35.5. The van der Waals surface area contributed by atoms with E-state index in [1.54, 1.807) is 30.0 Å². The average Bonchev–Trinajstić information content (AvgIpc) is 3.76. The van der Waals surface area contributed by atoms with Gasteiger partial charge >= 0.3 is 0 Å². The fourth-order valence-electron chi connectivity index (χ4n) is 6.56. The lowest BCUT2D eigenvalue weighted by molar-refractivity contribution is -0.130. The molecule has 6 rings (SSSR count). The number of nitrogens with zero attached hydrogens (tertiary/aromatic N) is 2. The molecule has 1 spiro atoms. The van der Waals surface area contributed by atoms with Crippen LogP contribution in [-0.2, 0) is 26.8 Å². The second kappa shape index (κ2) is 10.4. The number of likely N-dealkylation sites (tertiary alicyclic amines) is 1. The van der Waals surface area contributed by atoms with E-state index in [2.05, 4.69) is 5.32 Å². The van der Waals surface area contributed by atoms with Gasteiger partial charge in [-0.05, 0) is 91.3 Å². The van der Waals surface area contributed by atoms with Crippen LogP contribution >= 0.6 is 11.6 Å². The lowest BCUT2D eigenvalue weighted by atomic mass is 9.68. The van der Waals surface area contributed by atoms with Gasteiger partial charge in [0.15, 0.2) is 0 Å². The Kier molecular flexibility index (Phi) is 7.06. The van der Waals surface area contributed by atoms with Crippen molar-refractivity contribution in [1.29, 1.82) is 0 Å². The van der Waals surface area contributed by atoms with Crippen LogP contribution in [0.2, 0.25) is 5.02 Å². The van der Waals surface area contributed by atoms with Gasteiger partial charge in [0.1, 0.15) is 5.82 Å². The van der Waals surface area contributed by atoms with E-state index in [0.29, 0.717) is 42.2 Å². The van der Waals surface area contributed by atoms with Crippen LogP contribution in [0.4, 0.5) is 10.1 Å². The fraction of sp³-hybridized carbons (Fsp3) is 0.355. The van der Waals surface area contributed by atoms with Crippen LogP contribution in [0.15, 0.2) is 71.6 Å². The molecule has 2 amide bonds. The molecular weight excluding hydrogens is 565 g/mol. The van der Waals surface area contributed by atoms with Gasteiger partial charge in [-0.15, -0.1) is 0 Å². The summed E-state index contributed by atoms with van der Waals surface area (Å²) in [6.45, 7) is 2.81. The van der Waals surface area contributed by atoms with Crippen LogP contribution in [0.3, 0.4) is 0 Å². The number of rotatable bonds is 6. The number of fused-ring (bicyclic) bond motifs is 2. The Labute approximate surface area is 244 Å². The van der Waals surface area contributed by atoms with Crippen molar-refractivity contribution in [3.63, 3.8) is 0 Å². The van der Waals surface area contributed by atoms with Gasteiger partial charge in [-0.1, -0.05) is 29.8 Å². The second-order valence-corrected chi connectivity index (χ2v) is 13.4. The third-order valence-electron chi connectivity index (χ3n) is 8.79. The second-order valence-electron chi connectivity index (χ2n) is 11.2. The molecule has 41 heavy (non-hydrogen) atoms. The Hall–Kier alpha value is -3.43. The minimum atomic E-state index is -4.04. The smallest absolute Gasteiger partial charge is 0.264 e. The first-order chi connectivity index (χ1) is 19.6. The molecular formula is C31H31ClFN3O4S. The molecule has 3 aliphatic rings. The molecule has 1 saturated heterocycles. The molecule has 10 heteroatoms. The van der Waals surface area contributed by atoms with Crippen molar-refractivity contribution in [2.45, 2.75) is 55.5 Å². The summed E-state index contributed by atoms with van der Waals surface area (Å²) < 4.78 is 43.7. The Morgan fingerprint density at radius 3 is 2.34 bits per heavy atom. The van der Waals surface area contributed by atoms with Crippen LogP contribution in [0.25, 0.3) is 0 Å². The first-order valence-electron chi connectivity index (χ1n) is 13.8. The van der Waals surface area contributed by atoms with Crippen LogP contribution in [-0.4, -0.2) is 44.3 Å². The Morgan fingerprint density at radius 1 is 1.02 bits per heavy atom. The van der Waals surface area contributed by atoms with E-state index in [9.17, 15) is 22.4 Å². The van der Waals surface area contributed by atoms with Crippen LogP contribution in [0, 0.1) is 11.7 Å². The van der Waals surface area contributed by atoms with Crippen molar-refractivity contribution in [3.8, 4) is 0 Å². The Morgan fingerprint density at radius 2 is 1.71 bits per heavy atom. The number of hydrogen-bond donors (Lipinski definition) is 1. The number of carbonyl (C=O) groups is 2. The zero-order chi connectivity index (χ0) is 28.9. The molecule has 2 heterocycles. The molecule has 2 fully saturated rings. The Bertz CT molecular complexity index is 1620. The van der Waals surface area contributed by atoms with E-state index in [1.807, 2.05) is 24.3 Å². The van der Waals surface area contributed by atoms with E-state index in [-0.39, 0.29) is 35.2 Å². The van der Waals surface area contributed by atoms with Crippen molar-refractivity contribution >= 4 is 39.1 Å². The highest BCUT2D eigenvalue weighted by Crippen LogP contribution is 2.59. The predicted molar refractivity (Wildman–Crippen MR) is 155 cm³/mol. The summed E-state index contributed by atoms with van der Waals surface area (Å²) >= 11 is 6.27. The maximum absolute atomic E-state index is 14.2. The van der Waals surface area contributed by atoms with Gasteiger partial charge in [-0.3, -0.25) is 13.9 Å². The van der Waals surface area contributed by atoms with Crippen LogP contribution in [0.1, 0.15) is 54.1 Å². The van der Waals surface area contributed by atoms with E-state index in [0.717, 1.165) is 36.1 Å². The summed E-state index contributed by atoms with van der Waals surface area (Å²) in [7, 11) is -4.04. The highest BCUT2D eigenvalue weighted by molar-refractivity contribution is 7.92. The zero-order valence-corrected chi connectivity index (χ0v) is 24.2. The van der Waals surface area contributed by atoms with Crippen molar-refractivity contribution in [2.24, 2.45) is 5.92 Å². The molecule has 7 nitrogen and oxygen atoms in total. The van der Waals surface area contributed by atoms with Crippen LogP contribution < -0.4 is 9.62 Å². The standard InChI is InChI=1S/C31H31ClFN3O4S/c1-20(37)35-16-14-31(15-17-35)26-18-22(30(38)34-19-23-4-2-3-5-27(23)32)8-13-28(26)36(29(31)21-6-7-21)41(39,40)25-11-9-24(33)10-12-25/h2-5,8-13,18,21,29H,6-7,14-17,19H2,1H3,(H,34,38). The summed E-state index contributed by atoms with van der Waals surface area (Å²) in [6, 6.07) is 17.1. The number of hydrogen-bond acceptors (Lipinski definition) is 4. The maximum atomic E-state index is 14.2. The molecule has 1 saturated carbocycles. The van der Waals surface area contributed by atoms with E-state index < -0.39 is 21.3 Å². The average molecular weight is 596 g/mol. The van der Waals surface area contributed by atoms with Crippen LogP contribution in [0.5, 0.6) is 0 Å². The van der Waals surface area contributed by atoms with Gasteiger partial charge in [0, 0.05) is 42.6 Å². The molecule has 1 N–H and O–H groups in total.